The molecule has 0 bridgehead atoms. The van der Waals surface area contributed by atoms with Crippen molar-refractivity contribution >= 4 is 5.84 Å². The third-order valence-corrected chi connectivity index (χ3v) is 2.36. The van der Waals surface area contributed by atoms with E-state index in [1.54, 1.807) is 6.20 Å². The molecule has 1 rings (SSSR count). The molecule has 16 heavy (non-hydrogen) atoms. The number of rotatable bonds is 7. The fraction of sp³-hybridized carbons (Fsp3) is 0.600. The van der Waals surface area contributed by atoms with Gasteiger partial charge in [0.25, 0.3) is 0 Å². The zero-order valence-corrected chi connectivity index (χ0v) is 9.56. The summed E-state index contributed by atoms with van der Waals surface area (Å²) in [4.78, 5) is 4.23. The van der Waals surface area contributed by atoms with Crippen LogP contribution in [0.2, 0.25) is 0 Å². The predicted octanol–water partition coefficient (Wildman–Crippen LogP) is 0.0788. The largest absolute Gasteiger partial charge is 0.409 e. The Hall–Kier alpha value is -1.56. The fourth-order valence-corrected chi connectivity index (χ4v) is 1.41. The Balaban J connectivity index is 2.03. The lowest BCUT2D eigenvalue weighted by molar-refractivity contribution is 0.316. The first-order valence-electron chi connectivity index (χ1n) is 5.37. The Labute approximate surface area is 95.2 Å². The predicted molar refractivity (Wildman–Crippen MR) is 62.4 cm³/mol. The summed E-state index contributed by atoms with van der Waals surface area (Å²) in [5.41, 5.74) is 5.34. The summed E-state index contributed by atoms with van der Waals surface area (Å²) in [6.45, 7) is 1.75. The molecule has 0 amide bonds. The Kier molecular flexibility index (Phi) is 5.35. The molecule has 6 heteroatoms. The molecular weight excluding hydrogens is 206 g/mol. The lowest BCUT2D eigenvalue weighted by Crippen LogP contribution is -2.21. The van der Waals surface area contributed by atoms with E-state index in [2.05, 4.69) is 15.5 Å². The van der Waals surface area contributed by atoms with Crippen molar-refractivity contribution in [3.8, 4) is 0 Å². The molecule has 0 aliphatic heterocycles. The molecule has 1 aromatic rings. The Morgan fingerprint density at radius 1 is 1.62 bits per heavy atom. The SMILES string of the molecule is Cn1ccnc1CCNCCCC(N)=NO. The smallest absolute Gasteiger partial charge is 0.139 e. The monoisotopic (exact) mass is 225 g/mol. The number of nitrogens with one attached hydrogen (secondary N) is 1. The minimum absolute atomic E-state index is 0.283. The molecule has 0 aliphatic rings. The van der Waals surface area contributed by atoms with Gasteiger partial charge in [0.15, 0.2) is 0 Å². The summed E-state index contributed by atoms with van der Waals surface area (Å²) in [6.07, 6.45) is 6.14. The second-order valence-corrected chi connectivity index (χ2v) is 3.65. The number of aromatic nitrogens is 2. The molecule has 0 radical (unpaired) electrons. The van der Waals surface area contributed by atoms with Crippen LogP contribution in [-0.2, 0) is 13.5 Å². The molecule has 0 unspecified atom stereocenters. The first-order valence-corrected chi connectivity index (χ1v) is 5.37. The van der Waals surface area contributed by atoms with Crippen LogP contribution in [0.15, 0.2) is 17.5 Å². The van der Waals surface area contributed by atoms with Crippen molar-refractivity contribution in [3.63, 3.8) is 0 Å². The van der Waals surface area contributed by atoms with Gasteiger partial charge in [0, 0.05) is 38.8 Å². The highest BCUT2D eigenvalue weighted by molar-refractivity contribution is 5.79. The zero-order valence-electron chi connectivity index (χ0n) is 9.56. The topological polar surface area (TPSA) is 88.5 Å². The van der Waals surface area contributed by atoms with Crippen LogP contribution in [0, 0.1) is 0 Å². The van der Waals surface area contributed by atoms with Crippen LogP contribution in [0.3, 0.4) is 0 Å². The summed E-state index contributed by atoms with van der Waals surface area (Å²) in [5, 5.41) is 14.5. The normalized spacial score (nSPS) is 11.9. The van der Waals surface area contributed by atoms with Gasteiger partial charge in [-0.05, 0) is 13.0 Å². The summed E-state index contributed by atoms with van der Waals surface area (Å²) in [5.74, 6) is 1.36. The van der Waals surface area contributed by atoms with Crippen LogP contribution >= 0.6 is 0 Å². The minimum atomic E-state index is 0.283. The number of amidine groups is 1. The van der Waals surface area contributed by atoms with E-state index < -0.39 is 0 Å². The lowest BCUT2D eigenvalue weighted by atomic mass is 10.3. The summed E-state index contributed by atoms with van der Waals surface area (Å²) < 4.78 is 2.01. The molecule has 1 heterocycles. The third-order valence-electron chi connectivity index (χ3n) is 2.36. The van der Waals surface area contributed by atoms with Crippen molar-refractivity contribution in [3.05, 3.63) is 18.2 Å². The fourth-order valence-electron chi connectivity index (χ4n) is 1.41. The van der Waals surface area contributed by atoms with Crippen molar-refractivity contribution in [2.45, 2.75) is 19.3 Å². The molecule has 0 aromatic carbocycles. The maximum absolute atomic E-state index is 8.32. The zero-order chi connectivity index (χ0) is 11.8. The number of oxime groups is 1. The molecule has 90 valence electrons. The summed E-state index contributed by atoms with van der Waals surface area (Å²) >= 11 is 0. The highest BCUT2D eigenvalue weighted by atomic mass is 16.4. The van der Waals surface area contributed by atoms with Crippen molar-refractivity contribution in [2.75, 3.05) is 13.1 Å². The lowest BCUT2D eigenvalue weighted by Gasteiger charge is -2.04. The highest BCUT2D eigenvalue weighted by Crippen LogP contribution is 1.94. The molecule has 4 N–H and O–H groups in total. The Bertz CT molecular complexity index is 334. The van der Waals surface area contributed by atoms with E-state index in [0.29, 0.717) is 6.42 Å². The average Bonchev–Trinajstić information content (AvgIpc) is 2.69. The van der Waals surface area contributed by atoms with E-state index >= 15 is 0 Å². The summed E-state index contributed by atoms with van der Waals surface area (Å²) in [6, 6.07) is 0. The van der Waals surface area contributed by atoms with E-state index in [-0.39, 0.29) is 5.84 Å². The van der Waals surface area contributed by atoms with Gasteiger partial charge in [0.05, 0.1) is 0 Å². The van der Waals surface area contributed by atoms with Crippen LogP contribution in [0.5, 0.6) is 0 Å². The van der Waals surface area contributed by atoms with Crippen molar-refractivity contribution in [2.24, 2.45) is 17.9 Å². The van der Waals surface area contributed by atoms with Crippen molar-refractivity contribution in [1.82, 2.24) is 14.9 Å². The summed E-state index contributed by atoms with van der Waals surface area (Å²) in [7, 11) is 1.99. The molecule has 0 atom stereocenters. The number of aryl methyl sites for hydroxylation is 1. The second kappa shape index (κ2) is 6.84. The first-order chi connectivity index (χ1) is 7.74. The van der Waals surface area contributed by atoms with Gasteiger partial charge in [-0.3, -0.25) is 0 Å². The maximum atomic E-state index is 8.32. The van der Waals surface area contributed by atoms with E-state index in [1.165, 1.54) is 0 Å². The number of nitrogens with two attached hydrogens (primary N) is 1. The van der Waals surface area contributed by atoms with Crippen LogP contribution in [-0.4, -0.2) is 33.7 Å². The quantitative estimate of drug-likeness (QED) is 0.201. The van der Waals surface area contributed by atoms with Crippen LogP contribution < -0.4 is 11.1 Å². The number of hydrogen-bond donors (Lipinski definition) is 3. The number of imidazole rings is 1. The molecular formula is C10H19N5O. The van der Waals surface area contributed by atoms with E-state index in [4.69, 9.17) is 10.9 Å². The van der Waals surface area contributed by atoms with E-state index in [0.717, 1.165) is 31.8 Å². The highest BCUT2D eigenvalue weighted by Gasteiger charge is 1.98. The molecule has 1 aromatic heterocycles. The van der Waals surface area contributed by atoms with Crippen LogP contribution in [0.1, 0.15) is 18.7 Å². The van der Waals surface area contributed by atoms with E-state index in [9.17, 15) is 0 Å². The minimum Gasteiger partial charge on any atom is -0.409 e. The Morgan fingerprint density at radius 2 is 2.44 bits per heavy atom. The van der Waals surface area contributed by atoms with Gasteiger partial charge in [-0.2, -0.15) is 0 Å². The van der Waals surface area contributed by atoms with Gasteiger partial charge in [0.2, 0.25) is 0 Å². The molecule has 0 fully saturated rings. The van der Waals surface area contributed by atoms with Crippen LogP contribution in [0.25, 0.3) is 0 Å². The molecule has 0 aliphatic carbocycles. The van der Waals surface area contributed by atoms with Gasteiger partial charge in [-0.1, -0.05) is 5.16 Å². The molecule has 0 spiro atoms. The number of hydrogen-bond acceptors (Lipinski definition) is 4. The van der Waals surface area contributed by atoms with Gasteiger partial charge >= 0.3 is 0 Å². The van der Waals surface area contributed by atoms with E-state index in [1.807, 2.05) is 17.8 Å². The second-order valence-electron chi connectivity index (χ2n) is 3.65. The Morgan fingerprint density at radius 3 is 3.06 bits per heavy atom. The van der Waals surface area contributed by atoms with Gasteiger partial charge in [-0.25, -0.2) is 4.98 Å². The van der Waals surface area contributed by atoms with Crippen LogP contribution in [0.4, 0.5) is 0 Å². The van der Waals surface area contributed by atoms with Crippen molar-refractivity contribution in [1.29, 1.82) is 0 Å². The van der Waals surface area contributed by atoms with Crippen molar-refractivity contribution < 1.29 is 5.21 Å². The maximum Gasteiger partial charge on any atom is 0.139 e. The van der Waals surface area contributed by atoms with Gasteiger partial charge in [-0.15, -0.1) is 0 Å². The molecule has 6 nitrogen and oxygen atoms in total. The number of nitrogens with zero attached hydrogens (tertiary/aromatic N) is 3. The first kappa shape index (κ1) is 12.5. The van der Waals surface area contributed by atoms with Gasteiger partial charge in [0.1, 0.15) is 11.7 Å². The average molecular weight is 225 g/mol. The standard InChI is InChI=1S/C10H19N5O/c1-15-8-7-13-10(15)4-6-12-5-2-3-9(11)14-16/h7-8,12,16H,2-6H2,1H3,(H2,11,14). The third kappa shape index (κ3) is 4.31. The van der Waals surface area contributed by atoms with Gasteiger partial charge < -0.3 is 20.8 Å². The molecule has 0 saturated heterocycles. The molecule has 0 saturated carbocycles.